The summed E-state index contributed by atoms with van der Waals surface area (Å²) in [6.45, 7) is 1.38. The highest BCUT2D eigenvalue weighted by Gasteiger charge is 2.22. The standard InChI is InChI=1S/C14H12Cl2FN5/c15-12-10(17)11-9(7-19-12)13(21-14(16)20-11)22-4-1-2-8(6-18)3-5-22/h7-8H,1-5H2. The van der Waals surface area contributed by atoms with Crippen molar-refractivity contribution in [3.8, 4) is 6.07 Å². The average Bonchev–Trinajstić information content (AvgIpc) is 2.76. The number of halogens is 3. The molecule has 2 aromatic heterocycles. The molecule has 0 radical (unpaired) electrons. The Morgan fingerprint density at radius 2 is 2.09 bits per heavy atom. The van der Waals surface area contributed by atoms with Gasteiger partial charge in [-0.05, 0) is 30.9 Å². The van der Waals surface area contributed by atoms with Crippen molar-refractivity contribution in [2.75, 3.05) is 18.0 Å². The maximum Gasteiger partial charge on any atom is 0.225 e. The number of anilines is 1. The molecule has 114 valence electrons. The molecule has 1 aliphatic heterocycles. The predicted octanol–water partition coefficient (Wildman–Crippen LogP) is 3.60. The molecule has 3 rings (SSSR count). The van der Waals surface area contributed by atoms with Crippen LogP contribution in [-0.2, 0) is 0 Å². The topological polar surface area (TPSA) is 65.7 Å². The molecule has 0 spiro atoms. The van der Waals surface area contributed by atoms with E-state index in [9.17, 15) is 4.39 Å². The molecule has 0 amide bonds. The van der Waals surface area contributed by atoms with Crippen molar-refractivity contribution in [2.24, 2.45) is 5.92 Å². The maximum absolute atomic E-state index is 14.1. The predicted molar refractivity (Wildman–Crippen MR) is 82.5 cm³/mol. The van der Waals surface area contributed by atoms with E-state index in [4.69, 9.17) is 28.5 Å². The lowest BCUT2D eigenvalue weighted by Gasteiger charge is -2.22. The van der Waals surface area contributed by atoms with Gasteiger partial charge in [-0.1, -0.05) is 11.6 Å². The van der Waals surface area contributed by atoms with Crippen molar-refractivity contribution in [1.82, 2.24) is 15.0 Å². The van der Waals surface area contributed by atoms with Gasteiger partial charge in [-0.3, -0.25) is 0 Å². The van der Waals surface area contributed by atoms with E-state index in [1.807, 2.05) is 4.90 Å². The van der Waals surface area contributed by atoms with Gasteiger partial charge in [0, 0.05) is 25.2 Å². The number of nitrogens with zero attached hydrogens (tertiary/aromatic N) is 5. The Hall–Kier alpha value is -1.71. The molecule has 0 N–H and O–H groups in total. The molecule has 1 unspecified atom stereocenters. The molecule has 1 atom stereocenters. The van der Waals surface area contributed by atoms with E-state index in [1.165, 1.54) is 6.20 Å². The summed E-state index contributed by atoms with van der Waals surface area (Å²) in [7, 11) is 0. The maximum atomic E-state index is 14.1. The summed E-state index contributed by atoms with van der Waals surface area (Å²) >= 11 is 11.6. The van der Waals surface area contributed by atoms with Gasteiger partial charge in [0.15, 0.2) is 11.0 Å². The zero-order valence-corrected chi connectivity index (χ0v) is 13.1. The lowest BCUT2D eigenvalue weighted by Crippen LogP contribution is -2.25. The van der Waals surface area contributed by atoms with Gasteiger partial charge in [-0.25, -0.2) is 14.4 Å². The fraction of sp³-hybridized carbons (Fsp3) is 0.429. The molecule has 1 saturated heterocycles. The molecule has 2 aromatic rings. The van der Waals surface area contributed by atoms with Crippen molar-refractivity contribution in [3.63, 3.8) is 0 Å². The molecular formula is C14H12Cl2FN5. The molecule has 8 heteroatoms. The second-order valence-corrected chi connectivity index (χ2v) is 5.88. The van der Waals surface area contributed by atoms with Gasteiger partial charge in [0.1, 0.15) is 11.3 Å². The van der Waals surface area contributed by atoms with Crippen LogP contribution in [0.25, 0.3) is 10.9 Å². The third-order valence-electron chi connectivity index (χ3n) is 3.80. The molecule has 22 heavy (non-hydrogen) atoms. The highest BCUT2D eigenvalue weighted by atomic mass is 35.5. The summed E-state index contributed by atoms with van der Waals surface area (Å²) < 4.78 is 14.1. The van der Waals surface area contributed by atoms with E-state index < -0.39 is 5.82 Å². The number of fused-ring (bicyclic) bond motifs is 1. The van der Waals surface area contributed by atoms with E-state index in [2.05, 4.69) is 21.0 Å². The van der Waals surface area contributed by atoms with E-state index in [0.29, 0.717) is 17.7 Å². The van der Waals surface area contributed by atoms with Gasteiger partial charge in [0.2, 0.25) is 5.28 Å². The fourth-order valence-electron chi connectivity index (χ4n) is 2.67. The molecule has 0 aliphatic carbocycles. The summed E-state index contributed by atoms with van der Waals surface area (Å²) in [5.74, 6) is -0.121. The second kappa shape index (κ2) is 6.19. The largest absolute Gasteiger partial charge is 0.356 e. The van der Waals surface area contributed by atoms with Crippen LogP contribution < -0.4 is 4.90 Å². The van der Waals surface area contributed by atoms with Crippen LogP contribution in [0, 0.1) is 23.1 Å². The Morgan fingerprint density at radius 3 is 2.86 bits per heavy atom. The average molecular weight is 340 g/mol. The van der Waals surface area contributed by atoms with Crippen LogP contribution in [0.1, 0.15) is 19.3 Å². The van der Waals surface area contributed by atoms with Crippen molar-refractivity contribution >= 4 is 39.9 Å². The summed E-state index contributed by atoms with van der Waals surface area (Å²) in [5.41, 5.74) is 0.0658. The monoisotopic (exact) mass is 339 g/mol. The quantitative estimate of drug-likeness (QED) is 0.586. The van der Waals surface area contributed by atoms with Crippen molar-refractivity contribution in [3.05, 3.63) is 22.5 Å². The normalized spacial score (nSPS) is 19.0. The Bertz CT molecular complexity index is 761. The van der Waals surface area contributed by atoms with Crippen molar-refractivity contribution in [1.29, 1.82) is 5.26 Å². The molecule has 0 aromatic carbocycles. The molecule has 3 heterocycles. The lowest BCUT2D eigenvalue weighted by atomic mass is 10.0. The van der Waals surface area contributed by atoms with Crippen LogP contribution in [-0.4, -0.2) is 28.0 Å². The number of hydrogen-bond donors (Lipinski definition) is 0. The first-order valence-electron chi connectivity index (χ1n) is 6.92. The molecule has 0 saturated carbocycles. The van der Waals surface area contributed by atoms with Gasteiger partial charge in [-0.15, -0.1) is 0 Å². The van der Waals surface area contributed by atoms with Gasteiger partial charge >= 0.3 is 0 Å². The third-order valence-corrected chi connectivity index (χ3v) is 4.24. The fourth-order valence-corrected chi connectivity index (χ4v) is 2.97. The third kappa shape index (κ3) is 2.79. The van der Waals surface area contributed by atoms with Crippen LogP contribution in [0.15, 0.2) is 6.20 Å². The molecule has 5 nitrogen and oxygen atoms in total. The minimum Gasteiger partial charge on any atom is -0.356 e. The van der Waals surface area contributed by atoms with E-state index in [0.717, 1.165) is 25.8 Å². The number of pyridine rings is 1. The minimum atomic E-state index is -0.700. The van der Waals surface area contributed by atoms with Gasteiger partial charge in [0.25, 0.3) is 0 Å². The van der Waals surface area contributed by atoms with Crippen LogP contribution in [0.3, 0.4) is 0 Å². The number of nitriles is 1. The Balaban J connectivity index is 2.07. The van der Waals surface area contributed by atoms with E-state index in [-0.39, 0.29) is 21.9 Å². The van der Waals surface area contributed by atoms with Crippen LogP contribution >= 0.6 is 23.2 Å². The Kier molecular flexibility index (Phi) is 4.27. The van der Waals surface area contributed by atoms with Crippen molar-refractivity contribution < 1.29 is 4.39 Å². The summed E-state index contributed by atoms with van der Waals surface area (Å²) in [6.07, 6.45) is 3.91. The smallest absolute Gasteiger partial charge is 0.225 e. The number of rotatable bonds is 1. The first-order valence-corrected chi connectivity index (χ1v) is 7.67. The Labute approximate surface area is 136 Å². The number of aromatic nitrogens is 3. The molecular weight excluding hydrogens is 328 g/mol. The van der Waals surface area contributed by atoms with Crippen LogP contribution in [0.5, 0.6) is 0 Å². The van der Waals surface area contributed by atoms with Gasteiger partial charge < -0.3 is 4.90 Å². The summed E-state index contributed by atoms with van der Waals surface area (Å²) in [5, 5.41) is 9.26. The molecule has 1 aliphatic rings. The second-order valence-electron chi connectivity index (χ2n) is 5.19. The SMILES string of the molecule is N#CC1CCCN(c2nc(Cl)nc3c(F)c(Cl)ncc23)CC1. The highest BCUT2D eigenvalue weighted by Crippen LogP contribution is 2.30. The van der Waals surface area contributed by atoms with Crippen molar-refractivity contribution in [2.45, 2.75) is 19.3 Å². The number of hydrogen-bond acceptors (Lipinski definition) is 5. The van der Waals surface area contributed by atoms with E-state index in [1.54, 1.807) is 0 Å². The minimum absolute atomic E-state index is 0.0373. The molecule has 0 bridgehead atoms. The summed E-state index contributed by atoms with van der Waals surface area (Å²) in [6, 6.07) is 2.31. The van der Waals surface area contributed by atoms with Crippen LogP contribution in [0.4, 0.5) is 10.2 Å². The van der Waals surface area contributed by atoms with Gasteiger partial charge in [-0.2, -0.15) is 10.2 Å². The van der Waals surface area contributed by atoms with Crippen LogP contribution in [0.2, 0.25) is 10.4 Å². The Morgan fingerprint density at radius 1 is 1.27 bits per heavy atom. The zero-order valence-electron chi connectivity index (χ0n) is 11.6. The lowest BCUT2D eigenvalue weighted by molar-refractivity contribution is 0.590. The zero-order chi connectivity index (χ0) is 15.7. The highest BCUT2D eigenvalue weighted by molar-refractivity contribution is 6.30. The van der Waals surface area contributed by atoms with Gasteiger partial charge in [0.05, 0.1) is 11.5 Å². The molecule has 1 fully saturated rings. The van der Waals surface area contributed by atoms with E-state index >= 15 is 0 Å². The first-order chi connectivity index (χ1) is 10.6. The first kappa shape index (κ1) is 15.2. The summed E-state index contributed by atoms with van der Waals surface area (Å²) in [4.78, 5) is 14.0.